The predicted octanol–water partition coefficient (Wildman–Crippen LogP) is 3.26. The topological polar surface area (TPSA) is 88.8 Å². The van der Waals surface area contributed by atoms with E-state index in [0.29, 0.717) is 29.0 Å². The molecule has 0 aliphatic rings. The third-order valence-corrected chi connectivity index (χ3v) is 4.26. The van der Waals surface area contributed by atoms with Crippen molar-refractivity contribution in [2.45, 2.75) is 20.4 Å². The number of fused-ring (bicyclic) bond motifs is 1. The van der Waals surface area contributed by atoms with Crippen LogP contribution >= 0.6 is 0 Å². The van der Waals surface area contributed by atoms with Crippen molar-refractivity contribution >= 4 is 23.2 Å². The number of nitrogens with zero attached hydrogens (tertiary/aromatic N) is 5. The normalized spacial score (nSPS) is 11.5. The van der Waals surface area contributed by atoms with Crippen molar-refractivity contribution in [3.63, 3.8) is 0 Å². The standard InChI is InChI=1S/C20H18N6O/c1-3-26-12-16(17(27)15-10-9-13(2)22-19(15)26)18-23-20(25-24-18)21-11-14-7-5-4-6-8-14/h4-12H,3H2,1-2H3,(H,23,24,25). The maximum absolute atomic E-state index is 12.9. The number of aromatic nitrogens is 5. The number of hydrogen-bond acceptors (Lipinski definition) is 5. The molecular formula is C20H18N6O. The van der Waals surface area contributed by atoms with Crippen LogP contribution in [0.25, 0.3) is 22.4 Å². The average Bonchev–Trinajstić information content (AvgIpc) is 3.16. The Morgan fingerprint density at radius 1 is 1.15 bits per heavy atom. The number of benzene rings is 1. The van der Waals surface area contributed by atoms with Crippen LogP contribution in [0.15, 0.2) is 58.4 Å². The number of aromatic amines is 1. The van der Waals surface area contributed by atoms with Crippen LogP contribution in [0, 0.1) is 6.92 Å². The van der Waals surface area contributed by atoms with Gasteiger partial charge in [-0.2, -0.15) is 4.98 Å². The predicted molar refractivity (Wildman–Crippen MR) is 105 cm³/mol. The third-order valence-electron chi connectivity index (χ3n) is 4.26. The molecule has 0 fully saturated rings. The molecule has 0 bridgehead atoms. The zero-order chi connectivity index (χ0) is 18.8. The number of aryl methyl sites for hydroxylation is 2. The maximum Gasteiger partial charge on any atom is 0.268 e. The van der Waals surface area contributed by atoms with Crippen molar-refractivity contribution < 1.29 is 0 Å². The Morgan fingerprint density at radius 3 is 2.74 bits per heavy atom. The quantitative estimate of drug-likeness (QED) is 0.567. The molecule has 3 heterocycles. The lowest BCUT2D eigenvalue weighted by Crippen LogP contribution is -2.13. The van der Waals surface area contributed by atoms with Crippen LogP contribution in [0.1, 0.15) is 18.2 Å². The fourth-order valence-corrected chi connectivity index (χ4v) is 2.87. The Morgan fingerprint density at radius 2 is 1.96 bits per heavy atom. The minimum Gasteiger partial charge on any atom is -0.332 e. The van der Waals surface area contributed by atoms with E-state index in [0.717, 1.165) is 11.3 Å². The van der Waals surface area contributed by atoms with Crippen LogP contribution < -0.4 is 5.43 Å². The van der Waals surface area contributed by atoms with Gasteiger partial charge in [0.25, 0.3) is 5.95 Å². The van der Waals surface area contributed by atoms with Crippen LogP contribution in [0.2, 0.25) is 0 Å². The molecule has 0 amide bonds. The Bertz CT molecular complexity index is 1190. The molecule has 0 saturated heterocycles. The lowest BCUT2D eigenvalue weighted by molar-refractivity contribution is 0.776. The van der Waals surface area contributed by atoms with Gasteiger partial charge in [0.1, 0.15) is 5.65 Å². The van der Waals surface area contributed by atoms with Gasteiger partial charge in [0.05, 0.1) is 10.9 Å². The molecule has 7 nitrogen and oxygen atoms in total. The summed E-state index contributed by atoms with van der Waals surface area (Å²) in [7, 11) is 0. The van der Waals surface area contributed by atoms with Crippen molar-refractivity contribution in [1.29, 1.82) is 0 Å². The molecule has 1 N–H and O–H groups in total. The number of pyridine rings is 2. The first-order valence-corrected chi connectivity index (χ1v) is 8.68. The summed E-state index contributed by atoms with van der Waals surface area (Å²) < 4.78 is 1.94. The van der Waals surface area contributed by atoms with Crippen LogP contribution in [0.5, 0.6) is 0 Å². The minimum atomic E-state index is -0.128. The zero-order valence-electron chi connectivity index (χ0n) is 15.0. The summed E-state index contributed by atoms with van der Waals surface area (Å²) in [6, 6.07) is 13.3. The lowest BCUT2D eigenvalue weighted by Gasteiger charge is -2.10. The van der Waals surface area contributed by atoms with Crippen molar-refractivity contribution in [3.05, 3.63) is 70.1 Å². The van der Waals surface area contributed by atoms with Crippen LogP contribution in [-0.4, -0.2) is 30.9 Å². The van der Waals surface area contributed by atoms with Gasteiger partial charge < -0.3 is 4.57 Å². The first-order valence-electron chi connectivity index (χ1n) is 8.68. The van der Waals surface area contributed by atoms with Crippen LogP contribution in [-0.2, 0) is 6.54 Å². The van der Waals surface area contributed by atoms with E-state index in [9.17, 15) is 4.79 Å². The smallest absolute Gasteiger partial charge is 0.268 e. The summed E-state index contributed by atoms with van der Waals surface area (Å²) in [6.45, 7) is 4.60. The van der Waals surface area contributed by atoms with E-state index in [1.54, 1.807) is 18.5 Å². The highest BCUT2D eigenvalue weighted by atomic mass is 16.1. The van der Waals surface area contributed by atoms with Crippen molar-refractivity contribution in [1.82, 2.24) is 24.7 Å². The maximum atomic E-state index is 12.9. The molecule has 134 valence electrons. The average molecular weight is 358 g/mol. The zero-order valence-corrected chi connectivity index (χ0v) is 15.0. The third kappa shape index (κ3) is 3.27. The summed E-state index contributed by atoms with van der Waals surface area (Å²) in [5.41, 5.74) is 2.81. The molecule has 4 aromatic rings. The van der Waals surface area contributed by atoms with Gasteiger partial charge in [0.2, 0.25) is 5.43 Å². The number of hydrogen-bond donors (Lipinski definition) is 1. The summed E-state index contributed by atoms with van der Waals surface area (Å²) in [5.74, 6) is 0.670. The largest absolute Gasteiger partial charge is 0.332 e. The summed E-state index contributed by atoms with van der Waals surface area (Å²) >= 11 is 0. The molecule has 4 rings (SSSR count). The first-order chi connectivity index (χ1) is 13.2. The van der Waals surface area contributed by atoms with E-state index in [4.69, 9.17) is 0 Å². The van der Waals surface area contributed by atoms with E-state index in [2.05, 4.69) is 25.2 Å². The van der Waals surface area contributed by atoms with Gasteiger partial charge in [-0.05, 0) is 31.5 Å². The molecule has 0 radical (unpaired) electrons. The fraction of sp³-hybridized carbons (Fsp3) is 0.150. The van der Waals surface area contributed by atoms with Gasteiger partial charge in [-0.1, -0.05) is 30.3 Å². The molecule has 27 heavy (non-hydrogen) atoms. The number of aliphatic imine (C=N–C) groups is 1. The van der Waals surface area contributed by atoms with E-state index < -0.39 is 0 Å². The van der Waals surface area contributed by atoms with Gasteiger partial charge in [0, 0.05) is 24.7 Å². The summed E-state index contributed by atoms with van der Waals surface area (Å²) in [6.07, 6.45) is 3.45. The number of nitrogens with one attached hydrogen (secondary N) is 1. The van der Waals surface area contributed by atoms with E-state index >= 15 is 0 Å². The number of H-pyrrole nitrogens is 1. The highest BCUT2D eigenvalue weighted by Gasteiger charge is 2.14. The van der Waals surface area contributed by atoms with Gasteiger partial charge in [-0.25, -0.2) is 9.98 Å². The fourth-order valence-electron chi connectivity index (χ4n) is 2.87. The lowest BCUT2D eigenvalue weighted by atomic mass is 10.1. The molecular weight excluding hydrogens is 340 g/mol. The second-order valence-electron chi connectivity index (χ2n) is 6.13. The highest BCUT2D eigenvalue weighted by molar-refractivity contribution is 5.82. The summed E-state index contributed by atoms with van der Waals surface area (Å²) in [4.78, 5) is 26.0. The highest BCUT2D eigenvalue weighted by Crippen LogP contribution is 2.18. The molecule has 0 aliphatic carbocycles. The second-order valence-corrected chi connectivity index (χ2v) is 6.13. The van der Waals surface area contributed by atoms with Crippen molar-refractivity contribution in [2.24, 2.45) is 4.99 Å². The Balaban J connectivity index is 1.76. The van der Waals surface area contributed by atoms with Crippen molar-refractivity contribution in [2.75, 3.05) is 0 Å². The van der Waals surface area contributed by atoms with E-state index in [1.165, 1.54) is 0 Å². The Hall–Kier alpha value is -3.61. The monoisotopic (exact) mass is 358 g/mol. The molecule has 0 atom stereocenters. The van der Waals surface area contributed by atoms with E-state index in [1.807, 2.05) is 54.8 Å². The van der Waals surface area contributed by atoms with Gasteiger partial charge >= 0.3 is 0 Å². The van der Waals surface area contributed by atoms with Gasteiger partial charge in [-0.3, -0.25) is 9.89 Å². The Labute approximate surface area is 155 Å². The number of rotatable bonds is 4. The SMILES string of the molecule is CCn1cc(-c2nc(N=Cc3ccccc3)n[nH]2)c(=O)c2ccc(C)nc21. The van der Waals surface area contributed by atoms with Gasteiger partial charge in [0.15, 0.2) is 5.82 Å². The second kappa shape index (κ2) is 6.95. The van der Waals surface area contributed by atoms with Crippen molar-refractivity contribution in [3.8, 4) is 11.4 Å². The summed E-state index contributed by atoms with van der Waals surface area (Å²) in [5, 5.41) is 7.48. The first kappa shape index (κ1) is 16.8. The molecule has 0 unspecified atom stereocenters. The molecule has 1 aromatic carbocycles. The molecule has 0 saturated carbocycles. The minimum absolute atomic E-state index is 0.128. The molecule has 0 aliphatic heterocycles. The Kier molecular flexibility index (Phi) is 4.33. The van der Waals surface area contributed by atoms with E-state index in [-0.39, 0.29) is 11.4 Å². The molecule has 7 heteroatoms. The van der Waals surface area contributed by atoms with Crippen LogP contribution in [0.4, 0.5) is 5.95 Å². The molecule has 0 spiro atoms. The van der Waals surface area contributed by atoms with Crippen LogP contribution in [0.3, 0.4) is 0 Å². The van der Waals surface area contributed by atoms with Gasteiger partial charge in [-0.15, -0.1) is 5.10 Å². The molecule has 3 aromatic heterocycles.